The second-order valence-electron chi connectivity index (χ2n) is 5.59. The van der Waals surface area contributed by atoms with Crippen molar-refractivity contribution in [2.75, 3.05) is 23.9 Å². The number of carbonyl (C=O) groups excluding carboxylic acids is 1. The molecule has 3 rings (SSSR count). The van der Waals surface area contributed by atoms with Crippen LogP contribution in [-0.4, -0.2) is 30.1 Å². The summed E-state index contributed by atoms with van der Waals surface area (Å²) in [5.74, 6) is 1.82. The fraction of sp³-hybridized carbons (Fsp3) is 0.105. The Morgan fingerprint density at radius 2 is 1.92 bits per heavy atom. The van der Waals surface area contributed by atoms with Gasteiger partial charge in [-0.15, -0.1) is 0 Å². The fourth-order valence-electron chi connectivity index (χ4n) is 2.78. The smallest absolute Gasteiger partial charge is 0.151 e. The maximum absolute atomic E-state index is 11.6. The van der Waals surface area contributed by atoms with Crippen molar-refractivity contribution in [3.63, 3.8) is 0 Å². The first-order valence-corrected chi connectivity index (χ1v) is 8.29. The first-order valence-electron chi connectivity index (χ1n) is 7.51. The number of thiocarbonyl (C=S) groups is 1. The summed E-state index contributed by atoms with van der Waals surface area (Å²) in [6, 6.07) is 14.6. The minimum absolute atomic E-state index is 0.0817. The first kappa shape index (κ1) is 17.2. The summed E-state index contributed by atoms with van der Waals surface area (Å²) >= 11 is 11.6. The van der Waals surface area contributed by atoms with Crippen LogP contribution in [-0.2, 0) is 4.79 Å². The zero-order valence-corrected chi connectivity index (χ0v) is 15.2. The quantitative estimate of drug-likeness (QED) is 0.632. The molecule has 25 heavy (non-hydrogen) atoms. The molecule has 0 saturated carbocycles. The van der Waals surface area contributed by atoms with Gasteiger partial charge in [-0.25, -0.2) is 4.79 Å². The summed E-state index contributed by atoms with van der Waals surface area (Å²) in [6.07, 6.45) is 0. The van der Waals surface area contributed by atoms with Crippen molar-refractivity contribution in [2.24, 2.45) is 0 Å². The minimum atomic E-state index is -0.0817. The molecular weight excluding hydrogens is 356 g/mol. The lowest BCUT2D eigenvalue weighted by Gasteiger charge is -2.32. The number of para-hydroxylation sites is 1. The van der Waals surface area contributed by atoms with Gasteiger partial charge in [0.2, 0.25) is 0 Å². The second kappa shape index (κ2) is 6.73. The molecule has 1 aliphatic heterocycles. The zero-order chi connectivity index (χ0) is 18.1. The van der Waals surface area contributed by atoms with Crippen LogP contribution in [0.1, 0.15) is 5.56 Å². The van der Waals surface area contributed by atoms with Crippen LogP contribution in [0.5, 0.6) is 0 Å². The predicted molar refractivity (Wildman–Crippen MR) is 106 cm³/mol. The highest BCUT2D eigenvalue weighted by molar-refractivity contribution is 7.81. The monoisotopic (exact) mass is 370 g/mol. The Morgan fingerprint density at radius 1 is 1.24 bits per heavy atom. The van der Waals surface area contributed by atoms with E-state index in [1.807, 2.05) is 36.3 Å². The molecule has 0 atom stereocenters. The number of hydrogen-bond acceptors (Lipinski definition) is 4. The highest BCUT2D eigenvalue weighted by Crippen LogP contribution is 2.39. The molecule has 0 fully saturated rings. The number of hydrogen-bond donors (Lipinski definition) is 1. The molecule has 2 aromatic carbocycles. The molecule has 0 radical (unpaired) electrons. The lowest BCUT2D eigenvalue weighted by molar-refractivity contribution is 0.507. The van der Waals surface area contributed by atoms with Crippen molar-refractivity contribution in [3.8, 4) is 0 Å². The Hall–Kier alpha value is -2.59. The highest BCUT2D eigenvalue weighted by Gasteiger charge is 2.32. The van der Waals surface area contributed by atoms with Gasteiger partial charge in [0.15, 0.2) is 5.94 Å². The van der Waals surface area contributed by atoms with Crippen molar-refractivity contribution in [1.82, 2.24) is 0 Å². The van der Waals surface area contributed by atoms with Crippen LogP contribution in [0.25, 0.3) is 5.76 Å². The van der Waals surface area contributed by atoms with Crippen LogP contribution in [0.2, 0.25) is 5.02 Å². The van der Waals surface area contributed by atoms with Gasteiger partial charge in [-0.05, 0) is 30.3 Å². The first-order chi connectivity index (χ1) is 12.0. The molecule has 0 spiro atoms. The Labute approximate surface area is 156 Å². The molecule has 0 amide bonds. The Kier molecular flexibility index (Phi) is 4.64. The Bertz CT molecular complexity index is 934. The average molecular weight is 371 g/mol. The molecule has 0 bridgehead atoms. The average Bonchev–Trinajstić information content (AvgIpc) is 2.63. The summed E-state index contributed by atoms with van der Waals surface area (Å²) in [5, 5.41) is 11.3. The molecule has 0 unspecified atom stereocenters. The number of likely N-dealkylation sites (N-methyl/N-ethyl adjacent to an activating group) is 2. The number of aliphatic hydroxyl groups excluding tert-OH is 1. The van der Waals surface area contributed by atoms with Crippen LogP contribution in [0.15, 0.2) is 59.8 Å². The number of benzene rings is 2. The number of halogens is 1. The van der Waals surface area contributed by atoms with E-state index in [9.17, 15) is 9.90 Å². The number of nitrogens with zero attached hydrogens (tertiary/aromatic N) is 2. The van der Waals surface area contributed by atoms with Crippen LogP contribution in [0.4, 0.5) is 11.4 Å². The van der Waals surface area contributed by atoms with Crippen molar-refractivity contribution in [1.29, 1.82) is 0 Å². The number of aliphatic hydroxyl groups is 1. The zero-order valence-electron chi connectivity index (χ0n) is 13.7. The van der Waals surface area contributed by atoms with E-state index in [1.54, 1.807) is 42.1 Å². The summed E-state index contributed by atoms with van der Waals surface area (Å²) in [4.78, 5) is 15.3. The molecule has 4 nitrogen and oxygen atoms in total. The van der Waals surface area contributed by atoms with Gasteiger partial charge in [0.25, 0.3) is 0 Å². The van der Waals surface area contributed by atoms with Crippen molar-refractivity contribution < 1.29 is 9.90 Å². The SMILES string of the molecule is CN(C(=S)C1=C(O)c2cc(Cl)ccc2N(C)C1=C=O)c1ccccc1. The number of rotatable bonds is 2. The molecular formula is C19H15ClN2O2S. The van der Waals surface area contributed by atoms with E-state index in [1.165, 1.54) is 0 Å². The molecule has 1 aliphatic rings. The molecule has 6 heteroatoms. The minimum Gasteiger partial charge on any atom is -0.506 e. The topological polar surface area (TPSA) is 43.8 Å². The van der Waals surface area contributed by atoms with E-state index in [-0.39, 0.29) is 17.0 Å². The van der Waals surface area contributed by atoms with Crippen molar-refractivity contribution in [3.05, 3.63) is 70.4 Å². The predicted octanol–water partition coefficient (Wildman–Crippen LogP) is 4.24. The van der Waals surface area contributed by atoms with Crippen molar-refractivity contribution >= 4 is 51.9 Å². The summed E-state index contributed by atoms with van der Waals surface area (Å²) in [7, 11) is 3.51. The maximum Gasteiger partial charge on any atom is 0.151 e. The van der Waals surface area contributed by atoms with Crippen LogP contribution in [0.3, 0.4) is 0 Å². The van der Waals surface area contributed by atoms with Gasteiger partial charge in [-0.1, -0.05) is 42.0 Å². The molecule has 2 aromatic rings. The lowest BCUT2D eigenvalue weighted by Crippen LogP contribution is -2.34. The van der Waals surface area contributed by atoms with Gasteiger partial charge in [0, 0.05) is 30.4 Å². The van der Waals surface area contributed by atoms with E-state index in [0.717, 1.165) is 5.69 Å². The van der Waals surface area contributed by atoms with Crippen molar-refractivity contribution in [2.45, 2.75) is 0 Å². The van der Waals surface area contributed by atoms with Crippen LogP contribution >= 0.6 is 23.8 Å². The van der Waals surface area contributed by atoms with Gasteiger partial charge in [-0.3, -0.25) is 0 Å². The molecule has 0 saturated heterocycles. The molecule has 0 aliphatic carbocycles. The van der Waals surface area contributed by atoms with Crippen LogP contribution < -0.4 is 9.80 Å². The maximum atomic E-state index is 11.6. The summed E-state index contributed by atoms with van der Waals surface area (Å²) in [5.41, 5.74) is 2.47. The standard InChI is InChI=1S/C19H15ClN2O2S/c1-21(13-6-4-3-5-7-13)19(25)17-16(11-23)22(2)15-9-8-12(20)10-14(15)18(17)24/h3-10,24H,1-2H3. The fourth-order valence-corrected chi connectivity index (χ4v) is 3.25. The van der Waals surface area contributed by atoms with Gasteiger partial charge in [0.05, 0.1) is 11.3 Å². The largest absolute Gasteiger partial charge is 0.506 e. The third kappa shape index (κ3) is 2.94. The van der Waals surface area contributed by atoms with Crippen LogP contribution in [0, 0.1) is 0 Å². The molecule has 1 N–H and O–H groups in total. The summed E-state index contributed by atoms with van der Waals surface area (Å²) < 4.78 is 0. The lowest BCUT2D eigenvalue weighted by atomic mass is 9.97. The number of anilines is 2. The Morgan fingerprint density at radius 3 is 2.56 bits per heavy atom. The highest BCUT2D eigenvalue weighted by atomic mass is 35.5. The number of fused-ring (bicyclic) bond motifs is 1. The van der Waals surface area contributed by atoms with Gasteiger partial charge in [-0.2, -0.15) is 0 Å². The molecule has 126 valence electrons. The van der Waals surface area contributed by atoms with E-state index in [2.05, 4.69) is 0 Å². The van der Waals surface area contributed by atoms with Gasteiger partial charge >= 0.3 is 0 Å². The molecule has 0 aromatic heterocycles. The normalized spacial score (nSPS) is 13.4. The van der Waals surface area contributed by atoms with E-state index in [0.29, 0.717) is 21.3 Å². The van der Waals surface area contributed by atoms with Gasteiger partial charge in [0.1, 0.15) is 16.4 Å². The van der Waals surface area contributed by atoms with Gasteiger partial charge < -0.3 is 14.9 Å². The molecule has 1 heterocycles. The van der Waals surface area contributed by atoms with E-state index >= 15 is 0 Å². The van der Waals surface area contributed by atoms with E-state index < -0.39 is 0 Å². The third-order valence-electron chi connectivity index (χ3n) is 4.14. The van der Waals surface area contributed by atoms with E-state index in [4.69, 9.17) is 23.8 Å². The summed E-state index contributed by atoms with van der Waals surface area (Å²) in [6.45, 7) is 0. The Balaban J connectivity index is 2.17. The third-order valence-corrected chi connectivity index (χ3v) is 4.86. The second-order valence-corrected chi connectivity index (χ2v) is 6.42.